The Hall–Kier alpha value is -4.11. The molecule has 0 saturated carbocycles. The van der Waals surface area contributed by atoms with Crippen molar-refractivity contribution in [1.29, 1.82) is 0 Å². The summed E-state index contributed by atoms with van der Waals surface area (Å²) in [6, 6.07) is 9.98. The van der Waals surface area contributed by atoms with Gasteiger partial charge in [0.2, 0.25) is 0 Å². The van der Waals surface area contributed by atoms with Crippen molar-refractivity contribution in [1.82, 2.24) is 29.7 Å². The van der Waals surface area contributed by atoms with Crippen LogP contribution in [-0.2, 0) is 12.6 Å². The van der Waals surface area contributed by atoms with Crippen LogP contribution < -0.4 is 10.1 Å². The van der Waals surface area contributed by atoms with Crippen molar-refractivity contribution < 1.29 is 9.13 Å². The maximum Gasteiger partial charge on any atom is 0.171 e. The molecule has 35 heavy (non-hydrogen) atoms. The maximum atomic E-state index is 13.7. The zero-order chi connectivity index (χ0) is 24.6. The van der Waals surface area contributed by atoms with E-state index in [1.165, 1.54) is 18.5 Å². The summed E-state index contributed by atoms with van der Waals surface area (Å²) in [5, 5.41) is 8.14. The number of hydrogen-bond acceptors (Lipinski definition) is 7. The van der Waals surface area contributed by atoms with Gasteiger partial charge in [0, 0.05) is 36.9 Å². The Kier molecular flexibility index (Phi) is 5.78. The number of rotatable bonds is 6. The first kappa shape index (κ1) is 22.7. The second-order valence-corrected chi connectivity index (χ2v) is 8.84. The van der Waals surface area contributed by atoms with Crippen molar-refractivity contribution in [2.24, 2.45) is 7.05 Å². The minimum absolute atomic E-state index is 0.00561. The molecule has 8 nitrogen and oxygen atoms in total. The van der Waals surface area contributed by atoms with Crippen LogP contribution in [0.2, 0.25) is 5.02 Å². The zero-order valence-electron chi connectivity index (χ0n) is 19.2. The lowest BCUT2D eigenvalue weighted by molar-refractivity contribution is 0.101. The second-order valence-electron chi connectivity index (χ2n) is 8.43. The molecule has 5 rings (SSSR count). The van der Waals surface area contributed by atoms with Gasteiger partial charge < -0.3 is 10.1 Å². The van der Waals surface area contributed by atoms with Crippen molar-refractivity contribution in [2.75, 3.05) is 5.32 Å². The van der Waals surface area contributed by atoms with Crippen LogP contribution in [-0.4, -0.2) is 29.7 Å². The summed E-state index contributed by atoms with van der Waals surface area (Å²) in [6.45, 7) is 3.78. The molecule has 0 bridgehead atoms. The van der Waals surface area contributed by atoms with Crippen LogP contribution in [0.15, 0.2) is 67.5 Å². The van der Waals surface area contributed by atoms with Gasteiger partial charge in [0.15, 0.2) is 11.4 Å². The van der Waals surface area contributed by atoms with Crippen molar-refractivity contribution in [3.63, 3.8) is 0 Å². The number of nitrogens with one attached hydrogen (secondary N) is 1. The molecule has 0 saturated heterocycles. The zero-order valence-corrected chi connectivity index (χ0v) is 20.0. The highest BCUT2D eigenvalue weighted by Gasteiger charge is 2.28. The molecule has 0 amide bonds. The molecule has 176 valence electrons. The third kappa shape index (κ3) is 4.63. The summed E-state index contributed by atoms with van der Waals surface area (Å²) in [5.41, 5.74) is 2.14. The summed E-state index contributed by atoms with van der Waals surface area (Å²) in [4.78, 5) is 17.7. The van der Waals surface area contributed by atoms with Crippen LogP contribution in [0, 0.1) is 5.82 Å². The molecule has 0 aliphatic rings. The Labute approximate surface area is 205 Å². The Morgan fingerprint density at radius 1 is 1.03 bits per heavy atom. The van der Waals surface area contributed by atoms with E-state index in [-0.39, 0.29) is 5.02 Å². The van der Waals surface area contributed by atoms with Gasteiger partial charge in [-0.15, -0.1) is 0 Å². The smallest absolute Gasteiger partial charge is 0.171 e. The lowest BCUT2D eigenvalue weighted by Crippen LogP contribution is -2.28. The van der Waals surface area contributed by atoms with Crippen LogP contribution in [0.4, 0.5) is 15.9 Å². The molecular weight excluding hydrogens is 469 g/mol. The van der Waals surface area contributed by atoms with Gasteiger partial charge >= 0.3 is 0 Å². The van der Waals surface area contributed by atoms with E-state index in [0.717, 1.165) is 11.1 Å². The van der Waals surface area contributed by atoms with Gasteiger partial charge in [-0.2, -0.15) is 5.10 Å². The number of nitrogens with zero attached hydrogens (tertiary/aromatic N) is 6. The third-order valence-corrected chi connectivity index (χ3v) is 5.68. The first-order valence-corrected chi connectivity index (χ1v) is 11.1. The van der Waals surface area contributed by atoms with E-state index in [4.69, 9.17) is 16.3 Å². The fourth-order valence-electron chi connectivity index (χ4n) is 3.71. The second kappa shape index (κ2) is 8.92. The fourth-order valence-corrected chi connectivity index (χ4v) is 3.89. The molecule has 2 aromatic carbocycles. The first-order valence-electron chi connectivity index (χ1n) is 10.8. The lowest BCUT2D eigenvalue weighted by Gasteiger charge is -2.26. The van der Waals surface area contributed by atoms with Crippen molar-refractivity contribution in [2.45, 2.75) is 19.4 Å². The largest absolute Gasteiger partial charge is 0.479 e. The van der Waals surface area contributed by atoms with Crippen LogP contribution in [0.5, 0.6) is 5.75 Å². The van der Waals surface area contributed by atoms with Gasteiger partial charge in [-0.1, -0.05) is 11.6 Å². The van der Waals surface area contributed by atoms with Crippen molar-refractivity contribution in [3.05, 3.63) is 84.2 Å². The summed E-state index contributed by atoms with van der Waals surface area (Å²) >= 11 is 5.98. The Bertz CT molecular complexity index is 1520. The Morgan fingerprint density at radius 2 is 1.83 bits per heavy atom. The molecule has 5 aromatic rings. The number of ether oxygens (including phenoxy) is 1. The average Bonchev–Trinajstić information content (AvgIpc) is 3.28. The SMILES string of the molecule is Cn1cc(-c2cc(OC(C)(C)c3ncccn3)c3c(Nc4ccc(F)c(Cl)c4)ncnc3c2)cn1. The van der Waals surface area contributed by atoms with Crippen molar-refractivity contribution in [3.8, 4) is 16.9 Å². The van der Waals surface area contributed by atoms with Gasteiger partial charge in [0.1, 0.15) is 23.7 Å². The number of fused-ring (bicyclic) bond motifs is 1. The molecule has 3 heterocycles. The van der Waals surface area contributed by atoms with Crippen LogP contribution >= 0.6 is 11.6 Å². The van der Waals surface area contributed by atoms with E-state index >= 15 is 0 Å². The Balaban J connectivity index is 1.67. The molecule has 0 spiro atoms. The molecule has 0 unspecified atom stereocenters. The molecule has 0 radical (unpaired) electrons. The molecule has 0 aliphatic heterocycles. The van der Waals surface area contributed by atoms with E-state index < -0.39 is 11.4 Å². The third-order valence-electron chi connectivity index (χ3n) is 5.39. The summed E-state index contributed by atoms with van der Waals surface area (Å²) in [7, 11) is 1.86. The quantitative estimate of drug-likeness (QED) is 0.328. The molecule has 10 heteroatoms. The standard InChI is InChI=1S/C25H21ClFN7O/c1-25(2,24-28-7-4-8-29-24)35-21-10-15(16-12-32-34(3)13-16)9-20-22(21)23(31-14-30-20)33-17-5-6-19(27)18(26)11-17/h4-14H,1-3H3,(H,30,31,33). The lowest BCUT2D eigenvalue weighted by atomic mass is 10.0. The molecule has 1 N–H and O–H groups in total. The average molecular weight is 490 g/mol. The van der Waals surface area contributed by atoms with E-state index in [1.54, 1.807) is 35.4 Å². The van der Waals surface area contributed by atoms with E-state index in [2.05, 4.69) is 30.4 Å². The molecular formula is C25H21ClFN7O. The number of halogens is 2. The summed E-state index contributed by atoms with van der Waals surface area (Å²) in [6.07, 6.45) is 8.49. The predicted molar refractivity (Wildman–Crippen MR) is 132 cm³/mol. The first-order chi connectivity index (χ1) is 16.8. The molecule has 0 aliphatic carbocycles. The number of aryl methyl sites for hydroxylation is 1. The molecule has 3 aromatic heterocycles. The van der Waals surface area contributed by atoms with Crippen LogP contribution in [0.3, 0.4) is 0 Å². The van der Waals surface area contributed by atoms with Gasteiger partial charge in [0.05, 0.1) is 22.1 Å². The highest BCUT2D eigenvalue weighted by Crippen LogP contribution is 2.39. The van der Waals surface area contributed by atoms with Gasteiger partial charge in [-0.05, 0) is 55.8 Å². The maximum absolute atomic E-state index is 13.7. The monoisotopic (exact) mass is 489 g/mol. The van der Waals surface area contributed by atoms with Gasteiger partial charge in [-0.3, -0.25) is 4.68 Å². The summed E-state index contributed by atoms with van der Waals surface area (Å²) in [5.74, 6) is 1.03. The molecule has 0 atom stereocenters. The van der Waals surface area contributed by atoms with Crippen LogP contribution in [0.25, 0.3) is 22.0 Å². The number of hydrogen-bond donors (Lipinski definition) is 1. The minimum atomic E-state index is -0.867. The highest BCUT2D eigenvalue weighted by atomic mass is 35.5. The van der Waals surface area contributed by atoms with Crippen molar-refractivity contribution >= 4 is 34.0 Å². The number of aromatic nitrogens is 6. The number of benzene rings is 2. The predicted octanol–water partition coefficient (Wildman–Crippen LogP) is 5.67. The number of anilines is 2. The van der Waals surface area contributed by atoms with E-state index in [9.17, 15) is 4.39 Å². The van der Waals surface area contributed by atoms with E-state index in [0.29, 0.717) is 34.0 Å². The summed E-state index contributed by atoms with van der Waals surface area (Å²) < 4.78 is 21.9. The topological polar surface area (TPSA) is 90.6 Å². The fraction of sp³-hybridized carbons (Fsp3) is 0.160. The Morgan fingerprint density at radius 3 is 2.54 bits per heavy atom. The van der Waals surface area contributed by atoms with Crippen LogP contribution in [0.1, 0.15) is 19.7 Å². The minimum Gasteiger partial charge on any atom is -0.479 e. The molecule has 0 fully saturated rings. The van der Waals surface area contributed by atoms with Gasteiger partial charge in [0.25, 0.3) is 0 Å². The highest BCUT2D eigenvalue weighted by molar-refractivity contribution is 6.31. The van der Waals surface area contributed by atoms with Gasteiger partial charge in [-0.25, -0.2) is 24.3 Å². The van der Waals surface area contributed by atoms with E-state index in [1.807, 2.05) is 39.2 Å². The normalized spacial score (nSPS) is 11.6.